The number of halogens is 5. The Hall–Kier alpha value is -3.15. The topological polar surface area (TPSA) is 61.4 Å². The van der Waals surface area contributed by atoms with Crippen LogP contribution in [0.5, 0.6) is 0 Å². The number of likely N-dealkylation sites (tertiary alicyclic amines) is 1. The summed E-state index contributed by atoms with van der Waals surface area (Å²) in [4.78, 5) is 28.9. The van der Waals surface area contributed by atoms with Crippen molar-refractivity contribution in [2.24, 2.45) is 0 Å². The van der Waals surface area contributed by atoms with E-state index < -0.39 is 50.7 Å². The first-order valence-electron chi connectivity index (χ1n) is 14.6. The molecule has 2 atom stereocenters. The summed E-state index contributed by atoms with van der Waals surface area (Å²) in [7, 11) is 0. The van der Waals surface area contributed by atoms with Crippen molar-refractivity contribution in [1.82, 2.24) is 4.90 Å². The van der Waals surface area contributed by atoms with E-state index >= 15 is 0 Å². The molecule has 0 radical (unpaired) electrons. The molecule has 2 amide bonds. The summed E-state index contributed by atoms with van der Waals surface area (Å²) in [5, 5.41) is 6.25. The van der Waals surface area contributed by atoms with Crippen LogP contribution < -0.4 is 31.8 Å². The quantitative estimate of drug-likeness (QED) is 0.112. The fraction of sp³-hybridized carbons (Fsp3) is 0.394. The summed E-state index contributed by atoms with van der Waals surface area (Å²) in [5.74, 6) is -1.01. The number of benzene rings is 3. The van der Waals surface area contributed by atoms with Crippen molar-refractivity contribution in [3.63, 3.8) is 0 Å². The number of nitrogens with zero attached hydrogens (tertiary/aromatic N) is 1. The molecule has 5 rings (SSSR count). The minimum atomic E-state index is -4.53. The van der Waals surface area contributed by atoms with Gasteiger partial charge < -0.3 is 0 Å². The predicted octanol–water partition coefficient (Wildman–Crippen LogP) is 5.48. The summed E-state index contributed by atoms with van der Waals surface area (Å²) in [5.41, 5.74) is 1.78. The first-order chi connectivity index (χ1) is 20.5. The molecule has 3 aromatic carbocycles. The van der Waals surface area contributed by atoms with E-state index in [1.807, 2.05) is 24.3 Å². The predicted molar refractivity (Wildman–Crippen MR) is 155 cm³/mol. The maximum atomic E-state index is 14.9. The first-order valence-corrected chi connectivity index (χ1v) is 16.9. The van der Waals surface area contributed by atoms with Crippen LogP contribution in [0.3, 0.4) is 0 Å². The molecule has 0 unspecified atom stereocenters. The van der Waals surface area contributed by atoms with E-state index in [9.17, 15) is 27.2 Å². The molecule has 0 aromatic heterocycles. The van der Waals surface area contributed by atoms with Gasteiger partial charge in [-0.3, -0.25) is 0 Å². The number of hydrogen-bond acceptors (Lipinski definition) is 3. The van der Waals surface area contributed by atoms with E-state index in [1.165, 1.54) is 38.0 Å². The van der Waals surface area contributed by atoms with Gasteiger partial charge in [-0.15, -0.1) is 0 Å². The molecule has 1 aliphatic heterocycles. The van der Waals surface area contributed by atoms with Gasteiger partial charge in [0, 0.05) is 0 Å². The Balaban J connectivity index is 1.42. The Morgan fingerprint density at radius 1 is 0.884 bits per heavy atom. The molecule has 230 valence electrons. The van der Waals surface area contributed by atoms with E-state index in [0.29, 0.717) is 31.0 Å². The summed E-state index contributed by atoms with van der Waals surface area (Å²) in [6.45, 7) is 3.49. The molecule has 1 saturated heterocycles. The van der Waals surface area contributed by atoms with Gasteiger partial charge in [0.1, 0.15) is 0 Å². The fourth-order valence-corrected chi connectivity index (χ4v) is 9.17. The average Bonchev–Trinajstić information content (AvgIpc) is 3.47. The minimum absolute atomic E-state index is 0.0228. The van der Waals surface area contributed by atoms with Crippen molar-refractivity contribution in [3.8, 4) is 0 Å². The van der Waals surface area contributed by atoms with Crippen LogP contribution in [-0.4, -0.2) is 31.2 Å². The SMILES string of the molecule is Cc1ccc(NC(=O)[I-][C@H]2CCCN(C(=O)c3c(C)cccc3F)[C@H]2c2ccc(NC3CCCC3)cc2)cc1C(F)(F)F. The monoisotopic (exact) mass is 708 g/mol. The van der Waals surface area contributed by atoms with Gasteiger partial charge in [-0.05, 0) is 0 Å². The molecule has 2 N–H and O–H groups in total. The van der Waals surface area contributed by atoms with Crippen molar-refractivity contribution in [2.75, 3.05) is 17.2 Å². The number of rotatable bonds is 7. The number of aryl methyl sites for hydroxylation is 2. The van der Waals surface area contributed by atoms with Gasteiger partial charge in [0.2, 0.25) is 0 Å². The number of anilines is 2. The van der Waals surface area contributed by atoms with Crippen LogP contribution in [0.1, 0.15) is 77.2 Å². The van der Waals surface area contributed by atoms with Crippen LogP contribution >= 0.6 is 0 Å². The Labute approximate surface area is 259 Å². The zero-order valence-corrected chi connectivity index (χ0v) is 26.3. The second kappa shape index (κ2) is 13.2. The molecular weight excluding hydrogens is 673 g/mol. The molecule has 3 aromatic rings. The summed E-state index contributed by atoms with van der Waals surface area (Å²) >= 11 is -1.29. The molecule has 2 fully saturated rings. The number of carbonyl (C=O) groups is 2. The average molecular weight is 709 g/mol. The van der Waals surface area contributed by atoms with E-state index in [1.54, 1.807) is 24.0 Å². The Morgan fingerprint density at radius 2 is 1.58 bits per heavy atom. The summed E-state index contributed by atoms with van der Waals surface area (Å²) < 4.78 is 54.8. The zero-order valence-electron chi connectivity index (χ0n) is 24.1. The normalized spacial score (nSPS) is 19.4. The number of amides is 2. The van der Waals surface area contributed by atoms with Gasteiger partial charge in [-0.25, -0.2) is 0 Å². The molecule has 43 heavy (non-hydrogen) atoms. The number of hydrogen-bond donors (Lipinski definition) is 2. The third-order valence-electron chi connectivity index (χ3n) is 8.26. The van der Waals surface area contributed by atoms with Gasteiger partial charge in [0.25, 0.3) is 0 Å². The van der Waals surface area contributed by atoms with Crippen LogP contribution in [0.2, 0.25) is 0 Å². The molecule has 0 bridgehead atoms. The van der Waals surface area contributed by atoms with Crippen LogP contribution in [0, 0.1) is 19.7 Å². The maximum absolute atomic E-state index is 14.9. The summed E-state index contributed by atoms with van der Waals surface area (Å²) in [6.07, 6.45) is 1.45. The second-order valence-electron chi connectivity index (χ2n) is 11.3. The van der Waals surface area contributed by atoms with Gasteiger partial charge in [-0.2, -0.15) is 0 Å². The Morgan fingerprint density at radius 3 is 2.26 bits per heavy atom. The van der Waals surface area contributed by atoms with Crippen LogP contribution in [-0.2, 0) is 6.18 Å². The van der Waals surface area contributed by atoms with E-state index in [4.69, 9.17) is 0 Å². The number of carbonyl (C=O) groups excluding carboxylic acids is 2. The van der Waals surface area contributed by atoms with Crippen molar-refractivity contribution < 1.29 is 48.4 Å². The molecule has 1 aliphatic carbocycles. The number of alkyl halides is 4. The van der Waals surface area contributed by atoms with Crippen LogP contribution in [0.15, 0.2) is 60.7 Å². The van der Waals surface area contributed by atoms with Gasteiger partial charge >= 0.3 is 260 Å². The van der Waals surface area contributed by atoms with Gasteiger partial charge in [0.05, 0.1) is 0 Å². The van der Waals surface area contributed by atoms with Gasteiger partial charge in [-0.1, -0.05) is 0 Å². The van der Waals surface area contributed by atoms with Gasteiger partial charge in [0.15, 0.2) is 0 Å². The molecule has 1 heterocycles. The second-order valence-corrected chi connectivity index (χ2v) is 14.5. The van der Waals surface area contributed by atoms with Crippen molar-refractivity contribution >= 4 is 21.2 Å². The van der Waals surface area contributed by atoms with Crippen molar-refractivity contribution in [3.05, 3.63) is 94.3 Å². The molecule has 5 nitrogen and oxygen atoms in total. The van der Waals surface area contributed by atoms with Crippen LogP contribution in [0.25, 0.3) is 0 Å². The molecule has 1 saturated carbocycles. The summed E-state index contributed by atoms with van der Waals surface area (Å²) in [6, 6.07) is 16.2. The number of piperidine rings is 1. The van der Waals surface area contributed by atoms with Crippen molar-refractivity contribution in [2.45, 2.75) is 74.6 Å². The Kier molecular flexibility index (Phi) is 9.63. The van der Waals surface area contributed by atoms with Crippen LogP contribution in [0.4, 0.5) is 33.7 Å². The van der Waals surface area contributed by atoms with E-state index in [2.05, 4.69) is 10.6 Å². The molecular formula is C33H35F4IN3O2-. The molecule has 10 heteroatoms. The van der Waals surface area contributed by atoms with E-state index in [-0.39, 0.29) is 24.7 Å². The van der Waals surface area contributed by atoms with E-state index in [0.717, 1.165) is 30.2 Å². The Bertz CT molecular complexity index is 1450. The third kappa shape index (κ3) is 7.33. The number of nitrogens with one attached hydrogen (secondary N) is 2. The van der Waals surface area contributed by atoms with Crippen molar-refractivity contribution in [1.29, 1.82) is 0 Å². The fourth-order valence-electron chi connectivity index (χ4n) is 6.08. The standard InChI is InChI=1S/C33H35F4IN3O2/c1-20-12-15-25(19-26(20)33(35,36)37)40-32(43)38-28-11-6-18-41(31(42)29-21(2)7-5-10-27(29)34)30(28)22-13-16-24(17-14-22)39-23-8-3-4-9-23/h5,7,10,12-17,19,23,28,30,39H,3-4,6,8-9,11,18H2,1-2H3,(H,40,43)/q-1/t28-,30-/m0/s1. The zero-order chi connectivity index (χ0) is 30.7. The molecule has 2 aliphatic rings. The molecule has 0 spiro atoms. The third-order valence-corrected chi connectivity index (χ3v) is 11.2. The first kappa shape index (κ1) is 31.3.